The van der Waals surface area contributed by atoms with Crippen molar-refractivity contribution in [1.29, 1.82) is 0 Å². The van der Waals surface area contributed by atoms with Crippen LogP contribution < -0.4 is 5.32 Å². The number of alkyl halides is 2. The van der Waals surface area contributed by atoms with E-state index in [0.29, 0.717) is 36.8 Å². The van der Waals surface area contributed by atoms with E-state index in [-0.39, 0.29) is 40.1 Å². The number of amides is 2. The molecule has 0 aromatic carbocycles. The van der Waals surface area contributed by atoms with Gasteiger partial charge in [-0.05, 0) is 48.9 Å². The van der Waals surface area contributed by atoms with Gasteiger partial charge < -0.3 is 10.2 Å². The van der Waals surface area contributed by atoms with Crippen LogP contribution in [0.2, 0.25) is 5.02 Å². The summed E-state index contributed by atoms with van der Waals surface area (Å²) in [5.74, 6) is -3.02. The van der Waals surface area contributed by atoms with Crippen molar-refractivity contribution >= 4 is 41.0 Å². The average Bonchev–Trinajstić information content (AvgIpc) is 2.69. The molecule has 28 heavy (non-hydrogen) atoms. The Kier molecular flexibility index (Phi) is 6.79. The summed E-state index contributed by atoms with van der Waals surface area (Å²) >= 11 is 6.02. The van der Waals surface area contributed by atoms with Crippen LogP contribution in [0.1, 0.15) is 23.2 Å². The molecule has 6 nitrogen and oxygen atoms in total. The lowest BCUT2D eigenvalue weighted by Gasteiger charge is -2.31. The minimum absolute atomic E-state index is 0.0104. The fraction of sp³-hybridized carbons (Fsp3) is 0.333. The van der Waals surface area contributed by atoms with E-state index in [1.165, 1.54) is 18.5 Å². The Labute approximate surface area is 169 Å². The van der Waals surface area contributed by atoms with Gasteiger partial charge in [0.2, 0.25) is 5.91 Å². The molecule has 3 heterocycles. The molecule has 0 bridgehead atoms. The Bertz CT molecular complexity index is 846. The normalized spacial score (nSPS) is 14.9. The Hall–Kier alpha value is -2.26. The van der Waals surface area contributed by atoms with Crippen molar-refractivity contribution in [3.05, 3.63) is 47.2 Å². The van der Waals surface area contributed by atoms with Crippen molar-refractivity contribution in [1.82, 2.24) is 14.9 Å². The molecule has 0 aliphatic carbocycles. The van der Waals surface area contributed by atoms with Gasteiger partial charge in [0.25, 0.3) is 11.7 Å². The van der Waals surface area contributed by atoms with Gasteiger partial charge in [-0.1, -0.05) is 11.6 Å². The first-order chi connectivity index (χ1) is 13.4. The number of nitrogens with one attached hydrogen (secondary N) is 1. The van der Waals surface area contributed by atoms with Crippen molar-refractivity contribution in [2.45, 2.75) is 23.6 Å². The monoisotopic (exact) mass is 426 g/mol. The van der Waals surface area contributed by atoms with Gasteiger partial charge in [0.1, 0.15) is 10.8 Å². The van der Waals surface area contributed by atoms with Gasteiger partial charge in [0.05, 0.1) is 10.6 Å². The topological polar surface area (TPSA) is 75.2 Å². The maximum Gasteiger partial charge on any atom is 0.290 e. The summed E-state index contributed by atoms with van der Waals surface area (Å²) < 4.78 is 25.4. The lowest BCUT2D eigenvalue weighted by molar-refractivity contribution is -0.121. The fourth-order valence-electron chi connectivity index (χ4n) is 2.93. The first-order valence-corrected chi connectivity index (χ1v) is 9.81. The summed E-state index contributed by atoms with van der Waals surface area (Å²) in [6.45, 7) is 0.720. The molecule has 3 rings (SSSR count). The zero-order valence-electron chi connectivity index (χ0n) is 14.6. The molecule has 2 amide bonds. The third kappa shape index (κ3) is 5.17. The number of rotatable bonds is 5. The molecular formula is C18H17ClF2N4O2S. The smallest absolute Gasteiger partial charge is 0.290 e. The highest BCUT2D eigenvalue weighted by molar-refractivity contribution is 7.99. The highest BCUT2D eigenvalue weighted by atomic mass is 35.5. The Morgan fingerprint density at radius 3 is 2.61 bits per heavy atom. The van der Waals surface area contributed by atoms with Crippen molar-refractivity contribution in [2.75, 3.05) is 18.4 Å². The molecule has 2 aromatic heterocycles. The van der Waals surface area contributed by atoms with Crippen LogP contribution in [0.15, 0.2) is 41.7 Å². The molecule has 1 fully saturated rings. The Morgan fingerprint density at radius 1 is 1.21 bits per heavy atom. The quantitative estimate of drug-likeness (QED) is 0.733. The highest BCUT2D eigenvalue weighted by Gasteiger charge is 2.29. The van der Waals surface area contributed by atoms with Crippen LogP contribution in [-0.2, 0) is 4.79 Å². The molecule has 0 spiro atoms. The van der Waals surface area contributed by atoms with Crippen molar-refractivity contribution in [3.8, 4) is 0 Å². The minimum Gasteiger partial charge on any atom is -0.339 e. The predicted octanol–water partition coefficient (Wildman–Crippen LogP) is 3.94. The summed E-state index contributed by atoms with van der Waals surface area (Å²) in [5, 5.41) is 3.22. The van der Waals surface area contributed by atoms with E-state index in [1.54, 1.807) is 23.1 Å². The second-order valence-corrected chi connectivity index (χ2v) is 7.57. The van der Waals surface area contributed by atoms with Gasteiger partial charge in [-0.2, -0.15) is 8.78 Å². The number of pyridine rings is 2. The SMILES string of the molecule is O=C(Nc1ccc(Cl)cn1)C1CCN(C(=O)c2cccnc2SC(F)F)CC1. The second-order valence-electron chi connectivity index (χ2n) is 6.15. The number of carbonyl (C=O) groups excluding carboxylic acids is 2. The van der Waals surface area contributed by atoms with Crippen LogP contribution in [0.5, 0.6) is 0 Å². The molecule has 1 aliphatic rings. The second kappa shape index (κ2) is 9.29. The standard InChI is InChI=1S/C18H17ClF2N4O2S/c19-12-3-4-14(23-10-12)24-15(26)11-5-8-25(9-6-11)17(27)13-2-1-7-22-16(13)28-18(20)21/h1-4,7,10-11,18H,5-6,8-9H2,(H,23,24,26). The number of likely N-dealkylation sites (tertiary alicyclic amines) is 1. The van der Waals surface area contributed by atoms with Crippen LogP contribution in [-0.4, -0.2) is 45.5 Å². The molecule has 0 saturated carbocycles. The van der Waals surface area contributed by atoms with Crippen LogP contribution in [0.4, 0.5) is 14.6 Å². The predicted molar refractivity (Wildman–Crippen MR) is 103 cm³/mol. The van der Waals surface area contributed by atoms with E-state index in [2.05, 4.69) is 15.3 Å². The molecule has 2 aromatic rings. The molecule has 10 heteroatoms. The van der Waals surface area contributed by atoms with Crippen LogP contribution in [0, 0.1) is 5.92 Å². The summed E-state index contributed by atoms with van der Waals surface area (Å²) in [7, 11) is 0. The lowest BCUT2D eigenvalue weighted by atomic mass is 9.95. The van der Waals surface area contributed by atoms with Gasteiger partial charge in [0, 0.05) is 31.4 Å². The number of halogens is 3. The maximum absolute atomic E-state index is 12.7. The van der Waals surface area contributed by atoms with E-state index in [1.807, 2.05) is 0 Å². The van der Waals surface area contributed by atoms with E-state index in [9.17, 15) is 18.4 Å². The van der Waals surface area contributed by atoms with Crippen molar-refractivity contribution < 1.29 is 18.4 Å². The van der Waals surface area contributed by atoms with Gasteiger partial charge in [-0.15, -0.1) is 0 Å². The van der Waals surface area contributed by atoms with E-state index in [4.69, 9.17) is 11.6 Å². The lowest BCUT2D eigenvalue weighted by Crippen LogP contribution is -2.41. The van der Waals surface area contributed by atoms with Crippen LogP contribution in [0.25, 0.3) is 0 Å². The molecule has 1 N–H and O–H groups in total. The summed E-state index contributed by atoms with van der Waals surface area (Å²) in [4.78, 5) is 34.6. The molecule has 148 valence electrons. The van der Waals surface area contributed by atoms with Crippen molar-refractivity contribution in [2.24, 2.45) is 5.92 Å². The molecule has 0 radical (unpaired) electrons. The van der Waals surface area contributed by atoms with E-state index in [0.717, 1.165) is 0 Å². The van der Waals surface area contributed by atoms with Crippen molar-refractivity contribution in [3.63, 3.8) is 0 Å². The summed E-state index contributed by atoms with van der Waals surface area (Å²) in [6.07, 6.45) is 3.77. The molecule has 0 atom stereocenters. The molecular weight excluding hydrogens is 410 g/mol. The fourth-order valence-corrected chi connectivity index (χ4v) is 3.61. The third-order valence-corrected chi connectivity index (χ3v) is 5.28. The average molecular weight is 427 g/mol. The molecule has 1 saturated heterocycles. The zero-order chi connectivity index (χ0) is 20.1. The molecule has 1 aliphatic heterocycles. The van der Waals surface area contributed by atoms with Crippen LogP contribution >= 0.6 is 23.4 Å². The van der Waals surface area contributed by atoms with E-state index >= 15 is 0 Å². The summed E-state index contributed by atoms with van der Waals surface area (Å²) in [5.41, 5.74) is 0.154. The number of piperidine rings is 1. The van der Waals surface area contributed by atoms with Gasteiger partial charge in [-0.3, -0.25) is 9.59 Å². The Morgan fingerprint density at radius 2 is 1.96 bits per heavy atom. The number of anilines is 1. The zero-order valence-corrected chi connectivity index (χ0v) is 16.2. The highest BCUT2D eigenvalue weighted by Crippen LogP contribution is 2.28. The first kappa shape index (κ1) is 20.5. The number of thioether (sulfide) groups is 1. The number of hydrogen-bond acceptors (Lipinski definition) is 5. The van der Waals surface area contributed by atoms with Gasteiger partial charge in [-0.25, -0.2) is 9.97 Å². The first-order valence-electron chi connectivity index (χ1n) is 8.55. The third-order valence-electron chi connectivity index (χ3n) is 4.33. The van der Waals surface area contributed by atoms with Crippen LogP contribution in [0.3, 0.4) is 0 Å². The maximum atomic E-state index is 12.7. The number of carbonyl (C=O) groups is 2. The minimum atomic E-state index is -2.66. The number of aromatic nitrogens is 2. The number of hydrogen-bond donors (Lipinski definition) is 1. The van der Waals surface area contributed by atoms with Gasteiger partial charge in [0.15, 0.2) is 0 Å². The summed E-state index contributed by atoms with van der Waals surface area (Å²) in [6, 6.07) is 6.28. The van der Waals surface area contributed by atoms with E-state index < -0.39 is 5.76 Å². The largest absolute Gasteiger partial charge is 0.339 e. The molecule has 0 unspecified atom stereocenters. The number of nitrogens with zero attached hydrogens (tertiary/aromatic N) is 3. The van der Waals surface area contributed by atoms with Gasteiger partial charge >= 0.3 is 0 Å². The Balaban J connectivity index is 1.58.